The summed E-state index contributed by atoms with van der Waals surface area (Å²) in [6.45, 7) is 1.90. The van der Waals surface area contributed by atoms with Gasteiger partial charge in [0.2, 0.25) is 0 Å². The minimum Gasteiger partial charge on any atom is -0.293 e. The van der Waals surface area contributed by atoms with Gasteiger partial charge in [-0.25, -0.2) is 0 Å². The number of hydrogen-bond acceptors (Lipinski definition) is 1. The Morgan fingerprint density at radius 1 is 1.45 bits per heavy atom. The van der Waals surface area contributed by atoms with E-state index in [0.29, 0.717) is 0 Å². The lowest BCUT2D eigenvalue weighted by Crippen LogP contribution is -2.01. The lowest BCUT2D eigenvalue weighted by molar-refractivity contribution is 0.102. The molecule has 0 aromatic heterocycles. The van der Waals surface area contributed by atoms with Crippen LogP contribution in [-0.4, -0.2) is 11.7 Å². The van der Waals surface area contributed by atoms with Gasteiger partial charge in [-0.05, 0) is 12.5 Å². The molecule has 0 saturated carbocycles. The lowest BCUT2D eigenvalue weighted by atomic mass is 10.1. The molecule has 0 heterocycles. The number of aryl methyl sites for hydroxylation is 1. The Kier molecular flexibility index (Phi) is 2.66. The summed E-state index contributed by atoms with van der Waals surface area (Å²) in [5, 5.41) is 0. The number of alkyl halides is 1. The molecular weight excluding hydrogens is 160 g/mol. The highest BCUT2D eigenvalue weighted by Crippen LogP contribution is 2.07. The molecule has 0 aliphatic carbocycles. The normalized spacial score (nSPS) is 9.64. The zero-order chi connectivity index (χ0) is 8.27. The summed E-state index contributed by atoms with van der Waals surface area (Å²) in [4.78, 5) is 11.1. The van der Waals surface area contributed by atoms with E-state index in [2.05, 4.69) is 0 Å². The Hall–Kier alpha value is -0.820. The number of halogens is 1. The van der Waals surface area contributed by atoms with E-state index in [0.717, 1.165) is 11.1 Å². The average molecular weight is 169 g/mol. The molecule has 1 rings (SSSR count). The van der Waals surface area contributed by atoms with Crippen LogP contribution >= 0.6 is 11.6 Å². The number of carbonyl (C=O) groups excluding carboxylic acids is 1. The first-order valence-electron chi connectivity index (χ1n) is 3.40. The second kappa shape index (κ2) is 3.54. The van der Waals surface area contributed by atoms with Crippen molar-refractivity contribution in [3.63, 3.8) is 0 Å². The van der Waals surface area contributed by atoms with Gasteiger partial charge in [0.15, 0.2) is 5.78 Å². The van der Waals surface area contributed by atoms with Gasteiger partial charge in [-0.15, -0.1) is 11.6 Å². The molecule has 0 amide bonds. The fourth-order valence-electron chi connectivity index (χ4n) is 0.958. The van der Waals surface area contributed by atoms with Crippen LogP contribution in [0.5, 0.6) is 0 Å². The van der Waals surface area contributed by atoms with Crippen molar-refractivity contribution in [1.29, 1.82) is 0 Å². The molecule has 1 aromatic rings. The minimum absolute atomic E-state index is 0.00948. The Labute approximate surface area is 71.0 Å². The monoisotopic (exact) mass is 168 g/mol. The van der Waals surface area contributed by atoms with Gasteiger partial charge >= 0.3 is 0 Å². The van der Waals surface area contributed by atoms with Gasteiger partial charge in [0.05, 0.1) is 5.88 Å². The molecule has 1 nitrogen and oxygen atoms in total. The summed E-state index contributed by atoms with van der Waals surface area (Å²) in [5.74, 6) is 0.0509. The number of hydrogen-bond donors (Lipinski definition) is 0. The smallest absolute Gasteiger partial charge is 0.177 e. The summed E-state index contributed by atoms with van der Waals surface area (Å²) in [6.07, 6.45) is 0. The number of rotatable bonds is 2. The first-order chi connectivity index (χ1) is 5.25. The first-order valence-corrected chi connectivity index (χ1v) is 3.94. The molecule has 0 saturated heterocycles. The molecule has 2 heteroatoms. The Bertz CT molecular complexity index is 268. The summed E-state index contributed by atoms with van der Waals surface area (Å²) < 4.78 is 0. The zero-order valence-electron chi connectivity index (χ0n) is 6.30. The Morgan fingerprint density at radius 3 is 2.64 bits per heavy atom. The third kappa shape index (κ3) is 1.81. The molecule has 0 N–H and O–H groups in total. The molecule has 11 heavy (non-hydrogen) atoms. The fraction of sp³-hybridized carbons (Fsp3) is 0.222. The van der Waals surface area contributed by atoms with Gasteiger partial charge in [0.1, 0.15) is 0 Å². The van der Waals surface area contributed by atoms with Crippen LogP contribution < -0.4 is 0 Å². The van der Waals surface area contributed by atoms with E-state index in [1.54, 1.807) is 6.07 Å². The van der Waals surface area contributed by atoms with Crippen molar-refractivity contribution >= 4 is 17.4 Å². The van der Waals surface area contributed by atoms with Crippen molar-refractivity contribution < 1.29 is 4.79 Å². The minimum atomic E-state index is -0.00948. The van der Waals surface area contributed by atoms with Crippen molar-refractivity contribution in [2.75, 3.05) is 5.88 Å². The van der Waals surface area contributed by atoms with Crippen LogP contribution in [0.4, 0.5) is 0 Å². The van der Waals surface area contributed by atoms with Crippen LogP contribution in [0.2, 0.25) is 0 Å². The van der Waals surface area contributed by atoms with E-state index in [4.69, 9.17) is 11.6 Å². The summed E-state index contributed by atoms with van der Waals surface area (Å²) in [7, 11) is 0. The van der Waals surface area contributed by atoms with E-state index >= 15 is 0 Å². The highest BCUT2D eigenvalue weighted by atomic mass is 35.5. The van der Waals surface area contributed by atoms with E-state index in [1.165, 1.54) is 0 Å². The van der Waals surface area contributed by atoms with Crippen LogP contribution in [0.1, 0.15) is 15.9 Å². The highest BCUT2D eigenvalue weighted by molar-refractivity contribution is 6.30. The maximum absolute atomic E-state index is 11.1. The standard InChI is InChI=1S/C9H9ClO/c1-7-4-2-3-5-8(7)9(11)6-10/h2-5H,6H2,1H3. The second-order valence-corrected chi connectivity index (χ2v) is 2.64. The van der Waals surface area contributed by atoms with Gasteiger partial charge in [-0.1, -0.05) is 24.3 Å². The molecule has 0 unspecified atom stereocenters. The van der Waals surface area contributed by atoms with Gasteiger partial charge in [0.25, 0.3) is 0 Å². The quantitative estimate of drug-likeness (QED) is 0.490. The largest absolute Gasteiger partial charge is 0.293 e. The molecule has 0 aliphatic heterocycles. The second-order valence-electron chi connectivity index (χ2n) is 2.37. The van der Waals surface area contributed by atoms with Crippen molar-refractivity contribution in [2.24, 2.45) is 0 Å². The molecule has 0 radical (unpaired) electrons. The van der Waals surface area contributed by atoms with E-state index in [9.17, 15) is 4.79 Å². The summed E-state index contributed by atoms with van der Waals surface area (Å²) in [5.41, 5.74) is 1.71. The lowest BCUT2D eigenvalue weighted by Gasteiger charge is -1.99. The molecule has 0 bridgehead atoms. The predicted molar refractivity (Wildman–Crippen MR) is 46.2 cm³/mol. The Morgan fingerprint density at radius 2 is 2.09 bits per heavy atom. The molecule has 0 atom stereocenters. The first kappa shape index (κ1) is 8.28. The third-order valence-electron chi connectivity index (χ3n) is 1.57. The van der Waals surface area contributed by atoms with Crippen molar-refractivity contribution in [1.82, 2.24) is 0 Å². The predicted octanol–water partition coefficient (Wildman–Crippen LogP) is 2.42. The van der Waals surface area contributed by atoms with Crippen LogP contribution in [0.3, 0.4) is 0 Å². The number of Topliss-reactive ketones (excluding diaryl/α,β-unsaturated/α-hetero) is 1. The molecule has 0 fully saturated rings. The highest BCUT2D eigenvalue weighted by Gasteiger charge is 2.04. The molecule has 58 valence electrons. The number of carbonyl (C=O) groups is 1. The van der Waals surface area contributed by atoms with Crippen LogP contribution in [-0.2, 0) is 0 Å². The number of ketones is 1. The average Bonchev–Trinajstić information content (AvgIpc) is 2.04. The molecule has 0 aliphatic rings. The summed E-state index contributed by atoms with van der Waals surface area (Å²) >= 11 is 5.41. The maximum atomic E-state index is 11.1. The van der Waals surface area contributed by atoms with Gasteiger partial charge in [-0.3, -0.25) is 4.79 Å². The van der Waals surface area contributed by atoms with Crippen molar-refractivity contribution in [3.8, 4) is 0 Å². The molecule has 1 aromatic carbocycles. The third-order valence-corrected chi connectivity index (χ3v) is 1.81. The summed E-state index contributed by atoms with van der Waals surface area (Å²) in [6, 6.07) is 7.44. The van der Waals surface area contributed by atoms with Crippen LogP contribution in [0.25, 0.3) is 0 Å². The van der Waals surface area contributed by atoms with Gasteiger partial charge in [-0.2, -0.15) is 0 Å². The maximum Gasteiger partial charge on any atom is 0.177 e. The van der Waals surface area contributed by atoms with E-state index in [1.807, 2.05) is 25.1 Å². The molecular formula is C9H9ClO. The van der Waals surface area contributed by atoms with Crippen LogP contribution in [0, 0.1) is 6.92 Å². The SMILES string of the molecule is Cc1ccccc1C(=O)CCl. The zero-order valence-corrected chi connectivity index (χ0v) is 7.06. The topological polar surface area (TPSA) is 17.1 Å². The van der Waals surface area contributed by atoms with Gasteiger partial charge in [0, 0.05) is 5.56 Å². The van der Waals surface area contributed by atoms with Crippen LogP contribution in [0.15, 0.2) is 24.3 Å². The van der Waals surface area contributed by atoms with Gasteiger partial charge < -0.3 is 0 Å². The Balaban J connectivity index is 3.03. The fourth-order valence-corrected chi connectivity index (χ4v) is 1.10. The van der Waals surface area contributed by atoms with E-state index in [-0.39, 0.29) is 11.7 Å². The van der Waals surface area contributed by atoms with E-state index < -0.39 is 0 Å². The number of benzene rings is 1. The van der Waals surface area contributed by atoms with Crippen molar-refractivity contribution in [2.45, 2.75) is 6.92 Å². The molecule has 0 spiro atoms. The van der Waals surface area contributed by atoms with Crippen molar-refractivity contribution in [3.05, 3.63) is 35.4 Å².